The molecule has 1 saturated heterocycles. The van der Waals surface area contributed by atoms with Crippen LogP contribution in [0.15, 0.2) is 47.1 Å². The minimum Gasteiger partial charge on any atom is -0.472 e. The number of ether oxygens (including phenoxy) is 1. The molecule has 120 valence electrons. The number of nitrogens with one attached hydrogen (secondary N) is 1. The van der Waals surface area contributed by atoms with Crippen molar-refractivity contribution in [2.24, 2.45) is 0 Å². The van der Waals surface area contributed by atoms with Crippen molar-refractivity contribution in [3.05, 3.63) is 52.1 Å². The summed E-state index contributed by atoms with van der Waals surface area (Å²) in [7, 11) is 0. The van der Waals surface area contributed by atoms with Gasteiger partial charge in [-0.25, -0.2) is 9.78 Å². The van der Waals surface area contributed by atoms with E-state index in [1.165, 1.54) is 0 Å². The second-order valence-electron chi connectivity index (χ2n) is 5.20. The van der Waals surface area contributed by atoms with E-state index in [-0.39, 0.29) is 12.1 Å². The van der Waals surface area contributed by atoms with Crippen molar-refractivity contribution < 1.29 is 9.53 Å². The van der Waals surface area contributed by atoms with Crippen LogP contribution in [0.3, 0.4) is 0 Å². The van der Waals surface area contributed by atoms with E-state index < -0.39 is 0 Å². The van der Waals surface area contributed by atoms with Gasteiger partial charge in [0.25, 0.3) is 0 Å². The minimum absolute atomic E-state index is 0.0549. The Labute approximate surface area is 147 Å². The zero-order valence-corrected chi connectivity index (χ0v) is 14.5. The summed E-state index contributed by atoms with van der Waals surface area (Å²) in [5.41, 5.74) is 0.609. The fourth-order valence-corrected chi connectivity index (χ4v) is 2.79. The normalized spacial score (nSPS) is 17.1. The van der Waals surface area contributed by atoms with Gasteiger partial charge >= 0.3 is 6.03 Å². The van der Waals surface area contributed by atoms with Crippen LogP contribution < -0.4 is 10.1 Å². The number of urea groups is 1. The van der Waals surface area contributed by atoms with Gasteiger partial charge in [-0.1, -0.05) is 23.7 Å². The number of anilines is 1. The average molecular weight is 397 g/mol. The molecule has 2 amide bonds. The Bertz CT molecular complexity index is 696. The highest BCUT2D eigenvalue weighted by Gasteiger charge is 2.28. The number of nitrogens with zero attached hydrogens (tertiary/aromatic N) is 2. The van der Waals surface area contributed by atoms with Crippen LogP contribution in [0.4, 0.5) is 10.5 Å². The molecule has 23 heavy (non-hydrogen) atoms. The summed E-state index contributed by atoms with van der Waals surface area (Å²) in [6, 6.07) is 10.7. The quantitative estimate of drug-likeness (QED) is 0.846. The first kappa shape index (κ1) is 16.1. The Morgan fingerprint density at radius 2 is 2.17 bits per heavy atom. The first-order valence-electron chi connectivity index (χ1n) is 7.20. The van der Waals surface area contributed by atoms with Crippen molar-refractivity contribution in [1.82, 2.24) is 9.88 Å². The van der Waals surface area contributed by atoms with Gasteiger partial charge in [0.05, 0.1) is 17.3 Å². The molecule has 2 heterocycles. The second-order valence-corrected chi connectivity index (χ2v) is 6.52. The summed E-state index contributed by atoms with van der Waals surface area (Å²) in [4.78, 5) is 18.2. The molecule has 3 rings (SSSR count). The first-order chi connectivity index (χ1) is 11.1. The molecule has 1 fully saturated rings. The molecule has 1 unspecified atom stereocenters. The highest BCUT2D eigenvalue weighted by atomic mass is 79.9. The SMILES string of the molecule is O=C(Nc1ccccc1Cl)N1CCC(Oc2ccc(Br)cn2)C1. The predicted molar refractivity (Wildman–Crippen MR) is 93.0 cm³/mol. The maximum atomic E-state index is 12.3. The van der Waals surface area contributed by atoms with Gasteiger partial charge in [-0.2, -0.15) is 0 Å². The Kier molecular flexibility index (Phi) is 5.03. The van der Waals surface area contributed by atoms with Gasteiger partial charge in [-0.05, 0) is 34.1 Å². The van der Waals surface area contributed by atoms with E-state index >= 15 is 0 Å². The molecule has 7 heteroatoms. The van der Waals surface area contributed by atoms with Crippen molar-refractivity contribution in [2.45, 2.75) is 12.5 Å². The number of para-hydroxylation sites is 1. The van der Waals surface area contributed by atoms with Crippen LogP contribution in [0, 0.1) is 0 Å². The number of pyridine rings is 1. The molecule has 1 aromatic heterocycles. The van der Waals surface area contributed by atoms with E-state index in [4.69, 9.17) is 16.3 Å². The van der Waals surface area contributed by atoms with Crippen LogP contribution in [0.25, 0.3) is 0 Å². The number of carbonyl (C=O) groups is 1. The van der Waals surface area contributed by atoms with Gasteiger partial charge in [-0.3, -0.25) is 0 Å². The Balaban J connectivity index is 1.55. The molecule has 0 saturated carbocycles. The molecule has 0 spiro atoms. The predicted octanol–water partition coefficient (Wildman–Crippen LogP) is 4.18. The Morgan fingerprint density at radius 1 is 1.35 bits per heavy atom. The van der Waals surface area contributed by atoms with Gasteiger partial charge in [-0.15, -0.1) is 0 Å². The fraction of sp³-hybridized carbons (Fsp3) is 0.250. The van der Waals surface area contributed by atoms with Crippen molar-refractivity contribution in [3.63, 3.8) is 0 Å². The van der Waals surface area contributed by atoms with Crippen molar-refractivity contribution in [2.75, 3.05) is 18.4 Å². The van der Waals surface area contributed by atoms with Crippen LogP contribution in [-0.2, 0) is 0 Å². The van der Waals surface area contributed by atoms with Crippen LogP contribution in [0.1, 0.15) is 6.42 Å². The largest absolute Gasteiger partial charge is 0.472 e. The second kappa shape index (κ2) is 7.19. The van der Waals surface area contributed by atoms with E-state index in [0.717, 1.165) is 10.9 Å². The standard InChI is InChI=1S/C16H15BrClN3O2/c17-11-5-6-15(19-9-11)23-12-7-8-21(10-12)16(22)20-14-4-2-1-3-13(14)18/h1-6,9,12H,7-8,10H2,(H,20,22). The van der Waals surface area contributed by atoms with Gasteiger partial charge in [0.2, 0.25) is 5.88 Å². The van der Waals surface area contributed by atoms with Crippen molar-refractivity contribution in [1.29, 1.82) is 0 Å². The van der Waals surface area contributed by atoms with Crippen LogP contribution >= 0.6 is 27.5 Å². The minimum atomic E-state index is -0.173. The number of halogens is 2. The number of amides is 2. The monoisotopic (exact) mass is 395 g/mol. The molecule has 1 aromatic carbocycles. The summed E-state index contributed by atoms with van der Waals surface area (Å²) < 4.78 is 6.70. The zero-order chi connectivity index (χ0) is 16.2. The summed E-state index contributed by atoms with van der Waals surface area (Å²) in [5.74, 6) is 0.562. The number of likely N-dealkylation sites (tertiary alicyclic amines) is 1. The van der Waals surface area contributed by atoms with Gasteiger partial charge < -0.3 is 15.0 Å². The van der Waals surface area contributed by atoms with Crippen molar-refractivity contribution >= 4 is 39.2 Å². The van der Waals surface area contributed by atoms with Crippen LogP contribution in [-0.4, -0.2) is 35.1 Å². The lowest BCUT2D eigenvalue weighted by atomic mass is 10.3. The highest BCUT2D eigenvalue weighted by Crippen LogP contribution is 2.22. The fourth-order valence-electron chi connectivity index (χ4n) is 2.37. The third kappa shape index (κ3) is 4.14. The van der Waals surface area contributed by atoms with Gasteiger partial charge in [0.15, 0.2) is 0 Å². The van der Waals surface area contributed by atoms with E-state index in [2.05, 4.69) is 26.2 Å². The number of rotatable bonds is 3. The lowest BCUT2D eigenvalue weighted by molar-refractivity contribution is 0.190. The molecular weight excluding hydrogens is 382 g/mol. The molecule has 5 nitrogen and oxygen atoms in total. The maximum Gasteiger partial charge on any atom is 0.322 e. The smallest absolute Gasteiger partial charge is 0.322 e. The van der Waals surface area contributed by atoms with Crippen molar-refractivity contribution in [3.8, 4) is 5.88 Å². The number of hydrogen-bond acceptors (Lipinski definition) is 3. The molecular formula is C16H15BrClN3O2. The lowest BCUT2D eigenvalue weighted by Crippen LogP contribution is -2.34. The Hall–Kier alpha value is -1.79. The lowest BCUT2D eigenvalue weighted by Gasteiger charge is -2.18. The number of benzene rings is 1. The number of aromatic nitrogens is 1. The summed E-state index contributed by atoms with van der Waals surface area (Å²) in [5, 5.41) is 3.34. The number of carbonyl (C=O) groups excluding carboxylic acids is 1. The van der Waals surface area contributed by atoms with E-state index in [9.17, 15) is 4.79 Å². The number of hydrogen-bond donors (Lipinski definition) is 1. The van der Waals surface area contributed by atoms with Gasteiger partial charge in [0.1, 0.15) is 6.10 Å². The molecule has 0 bridgehead atoms. The third-order valence-electron chi connectivity index (χ3n) is 3.54. The molecule has 1 N–H and O–H groups in total. The van der Waals surface area contributed by atoms with Crippen LogP contribution in [0.2, 0.25) is 5.02 Å². The summed E-state index contributed by atoms with van der Waals surface area (Å²) >= 11 is 9.39. The average Bonchev–Trinajstić information content (AvgIpc) is 3.00. The molecule has 1 aliphatic rings. The first-order valence-corrected chi connectivity index (χ1v) is 8.37. The Morgan fingerprint density at radius 3 is 2.91 bits per heavy atom. The van der Waals surface area contributed by atoms with Crippen LogP contribution in [0.5, 0.6) is 5.88 Å². The summed E-state index contributed by atoms with van der Waals surface area (Å²) in [6.45, 7) is 1.16. The van der Waals surface area contributed by atoms with E-state index in [1.54, 1.807) is 29.3 Å². The molecule has 1 aliphatic heterocycles. The molecule has 0 radical (unpaired) electrons. The highest BCUT2D eigenvalue weighted by molar-refractivity contribution is 9.10. The maximum absolute atomic E-state index is 12.3. The molecule has 1 atom stereocenters. The van der Waals surface area contributed by atoms with E-state index in [0.29, 0.717) is 29.7 Å². The topological polar surface area (TPSA) is 54.5 Å². The third-order valence-corrected chi connectivity index (χ3v) is 4.33. The van der Waals surface area contributed by atoms with Gasteiger partial charge in [0, 0.05) is 29.7 Å². The summed E-state index contributed by atoms with van der Waals surface area (Å²) in [6.07, 6.45) is 2.40. The van der Waals surface area contributed by atoms with E-state index in [1.807, 2.05) is 18.2 Å². The molecule has 2 aromatic rings. The molecule has 0 aliphatic carbocycles. The zero-order valence-electron chi connectivity index (χ0n) is 12.2.